The lowest BCUT2D eigenvalue weighted by molar-refractivity contribution is -0.123. The maximum Gasteiger partial charge on any atom is 0.156 e. The van der Waals surface area contributed by atoms with E-state index in [0.717, 1.165) is 43.3 Å². The lowest BCUT2D eigenvalue weighted by Crippen LogP contribution is -2.40. The molecule has 24 heavy (non-hydrogen) atoms. The second kappa shape index (κ2) is 7.38. The van der Waals surface area contributed by atoms with Crippen LogP contribution in [0.5, 0.6) is 0 Å². The topological polar surface area (TPSA) is 46.3 Å². The fraction of sp³-hybridized carbons (Fsp3) is 0.800. The zero-order chi connectivity index (χ0) is 17.2. The standard InChI is InChI=1S/C20H32N2O2/c1-20(2,3)19-13-16(21-24-19)12-18(23)17-10-7-11-22(17)14-15-8-5-4-6-9-15/h13,15,17H,4-12,14H2,1-3H3/t17-/m0/s1. The molecule has 1 aliphatic carbocycles. The Bertz CT molecular complexity index is 552. The van der Waals surface area contributed by atoms with Crippen LogP contribution in [0.1, 0.15) is 77.2 Å². The molecule has 1 aliphatic heterocycles. The first-order valence-electron chi connectivity index (χ1n) is 9.66. The number of likely N-dealkylation sites (tertiary alicyclic amines) is 1. The summed E-state index contributed by atoms with van der Waals surface area (Å²) in [6.07, 6.45) is 9.37. The second-order valence-electron chi connectivity index (χ2n) is 8.73. The number of nitrogens with zero attached hydrogens (tertiary/aromatic N) is 2. The highest BCUT2D eigenvalue weighted by Crippen LogP contribution is 2.28. The lowest BCUT2D eigenvalue weighted by Gasteiger charge is -2.30. The van der Waals surface area contributed by atoms with Crippen LogP contribution >= 0.6 is 0 Å². The number of Topliss-reactive ketones (excluding diaryl/α,β-unsaturated/α-hetero) is 1. The Hall–Kier alpha value is -1.16. The molecule has 4 nitrogen and oxygen atoms in total. The number of hydrogen-bond acceptors (Lipinski definition) is 4. The van der Waals surface area contributed by atoms with Gasteiger partial charge in [0.25, 0.3) is 0 Å². The van der Waals surface area contributed by atoms with Gasteiger partial charge in [0.1, 0.15) is 5.76 Å². The van der Waals surface area contributed by atoms with Crippen LogP contribution in [0.4, 0.5) is 0 Å². The van der Waals surface area contributed by atoms with Gasteiger partial charge in [0.2, 0.25) is 0 Å². The number of ketones is 1. The SMILES string of the molecule is CC(C)(C)c1cc(CC(=O)[C@@H]2CCCN2CC2CCCCC2)no1. The van der Waals surface area contributed by atoms with Gasteiger partial charge in [0.05, 0.1) is 18.2 Å². The minimum Gasteiger partial charge on any atom is -0.361 e. The van der Waals surface area contributed by atoms with E-state index in [-0.39, 0.29) is 11.5 Å². The number of carbonyl (C=O) groups excluding carboxylic acids is 1. The van der Waals surface area contributed by atoms with Crippen molar-refractivity contribution in [2.45, 2.75) is 83.6 Å². The first-order chi connectivity index (χ1) is 11.4. The molecule has 2 aliphatic rings. The molecule has 0 unspecified atom stereocenters. The summed E-state index contributed by atoms with van der Waals surface area (Å²) in [6.45, 7) is 8.49. The van der Waals surface area contributed by atoms with Gasteiger partial charge in [-0.25, -0.2) is 0 Å². The average molecular weight is 332 g/mol. The van der Waals surface area contributed by atoms with Crippen molar-refractivity contribution in [2.75, 3.05) is 13.1 Å². The van der Waals surface area contributed by atoms with E-state index in [9.17, 15) is 4.79 Å². The fourth-order valence-electron chi connectivity index (χ4n) is 4.16. The maximum absolute atomic E-state index is 12.8. The third-order valence-corrected chi connectivity index (χ3v) is 5.61. The van der Waals surface area contributed by atoms with Crippen molar-refractivity contribution in [1.82, 2.24) is 10.1 Å². The number of aromatic nitrogens is 1. The Morgan fingerprint density at radius 2 is 1.96 bits per heavy atom. The molecule has 0 bridgehead atoms. The van der Waals surface area contributed by atoms with Crippen LogP contribution in [-0.4, -0.2) is 35.0 Å². The first-order valence-corrected chi connectivity index (χ1v) is 9.66. The Morgan fingerprint density at radius 3 is 2.62 bits per heavy atom. The monoisotopic (exact) mass is 332 g/mol. The minimum absolute atomic E-state index is 0.0608. The van der Waals surface area contributed by atoms with E-state index in [1.807, 2.05) is 6.07 Å². The number of hydrogen-bond donors (Lipinski definition) is 0. The van der Waals surface area contributed by atoms with E-state index >= 15 is 0 Å². The van der Waals surface area contributed by atoms with Crippen molar-refractivity contribution in [3.05, 3.63) is 17.5 Å². The summed E-state index contributed by atoms with van der Waals surface area (Å²) < 4.78 is 5.43. The van der Waals surface area contributed by atoms with Gasteiger partial charge in [-0.1, -0.05) is 45.2 Å². The molecule has 0 amide bonds. The van der Waals surface area contributed by atoms with Crippen molar-refractivity contribution in [2.24, 2.45) is 5.92 Å². The molecule has 2 heterocycles. The predicted molar refractivity (Wildman–Crippen MR) is 95.1 cm³/mol. The molecule has 0 radical (unpaired) electrons. The molecular weight excluding hydrogens is 300 g/mol. The quantitative estimate of drug-likeness (QED) is 0.813. The summed E-state index contributed by atoms with van der Waals surface area (Å²) in [5, 5.41) is 4.12. The smallest absolute Gasteiger partial charge is 0.156 e. The lowest BCUT2D eigenvalue weighted by atomic mass is 9.88. The van der Waals surface area contributed by atoms with Gasteiger partial charge < -0.3 is 4.52 Å². The van der Waals surface area contributed by atoms with Gasteiger partial charge in [-0.15, -0.1) is 0 Å². The fourth-order valence-corrected chi connectivity index (χ4v) is 4.16. The van der Waals surface area contributed by atoms with Crippen molar-refractivity contribution in [3.8, 4) is 0 Å². The Kier molecular flexibility index (Phi) is 5.43. The second-order valence-corrected chi connectivity index (χ2v) is 8.73. The Labute approximate surface area is 146 Å². The summed E-state index contributed by atoms with van der Waals surface area (Å²) in [5.74, 6) is 1.97. The molecule has 0 aromatic carbocycles. The van der Waals surface area contributed by atoms with E-state index < -0.39 is 0 Å². The molecule has 4 heteroatoms. The number of rotatable bonds is 5. The largest absolute Gasteiger partial charge is 0.361 e. The van der Waals surface area contributed by atoms with Crippen LogP contribution in [0.15, 0.2) is 10.6 Å². The van der Waals surface area contributed by atoms with Gasteiger partial charge in [0, 0.05) is 18.0 Å². The van der Waals surface area contributed by atoms with Gasteiger partial charge in [-0.3, -0.25) is 9.69 Å². The maximum atomic E-state index is 12.8. The van der Waals surface area contributed by atoms with Crippen LogP contribution in [0.25, 0.3) is 0 Å². The zero-order valence-electron chi connectivity index (χ0n) is 15.5. The summed E-state index contributed by atoms with van der Waals surface area (Å²) >= 11 is 0. The summed E-state index contributed by atoms with van der Waals surface area (Å²) in [7, 11) is 0. The molecule has 1 aromatic rings. The van der Waals surface area contributed by atoms with E-state index in [0.29, 0.717) is 12.2 Å². The average Bonchev–Trinajstić information content (AvgIpc) is 3.17. The van der Waals surface area contributed by atoms with Crippen molar-refractivity contribution in [3.63, 3.8) is 0 Å². The molecule has 1 saturated heterocycles. The third-order valence-electron chi connectivity index (χ3n) is 5.61. The van der Waals surface area contributed by atoms with Gasteiger partial charge in [0.15, 0.2) is 5.78 Å². The number of carbonyl (C=O) groups is 1. The highest BCUT2D eigenvalue weighted by atomic mass is 16.5. The molecule has 0 spiro atoms. The van der Waals surface area contributed by atoms with Crippen molar-refractivity contribution >= 4 is 5.78 Å². The van der Waals surface area contributed by atoms with Crippen LogP contribution in [0.2, 0.25) is 0 Å². The highest BCUT2D eigenvalue weighted by molar-refractivity contribution is 5.86. The molecular formula is C20H32N2O2. The van der Waals surface area contributed by atoms with Crippen LogP contribution in [0, 0.1) is 5.92 Å². The molecule has 3 rings (SSSR count). The minimum atomic E-state index is -0.0608. The summed E-state index contributed by atoms with van der Waals surface area (Å²) in [5.41, 5.74) is 0.726. The Balaban J connectivity index is 1.58. The molecule has 1 atom stereocenters. The van der Waals surface area contributed by atoms with Crippen LogP contribution < -0.4 is 0 Å². The van der Waals surface area contributed by atoms with Gasteiger partial charge in [-0.05, 0) is 38.1 Å². The Morgan fingerprint density at radius 1 is 1.21 bits per heavy atom. The van der Waals surface area contributed by atoms with Gasteiger partial charge >= 0.3 is 0 Å². The summed E-state index contributed by atoms with van der Waals surface area (Å²) in [4.78, 5) is 15.2. The zero-order valence-corrected chi connectivity index (χ0v) is 15.5. The molecule has 0 N–H and O–H groups in total. The molecule has 2 fully saturated rings. The van der Waals surface area contributed by atoms with Gasteiger partial charge in [-0.2, -0.15) is 0 Å². The molecule has 1 aromatic heterocycles. The van der Waals surface area contributed by atoms with Crippen molar-refractivity contribution in [1.29, 1.82) is 0 Å². The van der Waals surface area contributed by atoms with E-state index in [4.69, 9.17) is 4.52 Å². The van der Waals surface area contributed by atoms with Crippen LogP contribution in [-0.2, 0) is 16.6 Å². The van der Waals surface area contributed by atoms with Crippen molar-refractivity contribution < 1.29 is 9.32 Å². The summed E-state index contributed by atoms with van der Waals surface area (Å²) in [6, 6.07) is 2.06. The highest BCUT2D eigenvalue weighted by Gasteiger charge is 2.32. The van der Waals surface area contributed by atoms with E-state index in [1.165, 1.54) is 32.1 Å². The normalized spacial score (nSPS) is 23.7. The molecule has 1 saturated carbocycles. The van der Waals surface area contributed by atoms with E-state index in [2.05, 4.69) is 30.8 Å². The van der Waals surface area contributed by atoms with E-state index in [1.54, 1.807) is 0 Å². The first kappa shape index (κ1) is 17.7. The van der Waals surface area contributed by atoms with Crippen LogP contribution in [0.3, 0.4) is 0 Å². The molecule has 134 valence electrons. The predicted octanol–water partition coefficient (Wildman–Crippen LogP) is 4.13. The third kappa shape index (κ3) is 4.27.